The molecule has 1 N–H and O–H groups in total. The van der Waals surface area contributed by atoms with Crippen LogP contribution in [0.25, 0.3) is 0 Å². The average molecular weight is 334 g/mol. The van der Waals surface area contributed by atoms with Crippen LogP contribution in [0.15, 0.2) is 23.8 Å². The first-order valence-corrected chi connectivity index (χ1v) is 6.51. The lowest BCUT2D eigenvalue weighted by atomic mass is 10.1. The highest BCUT2D eigenvalue weighted by molar-refractivity contribution is 14.1. The van der Waals surface area contributed by atoms with E-state index in [9.17, 15) is 5.11 Å². The van der Waals surface area contributed by atoms with E-state index >= 15 is 0 Å². The smallest absolute Gasteiger partial charge is 0.111 e. The minimum absolute atomic E-state index is 0.453. The van der Waals surface area contributed by atoms with Crippen molar-refractivity contribution in [3.8, 4) is 0 Å². The predicted octanol–water partition coefficient (Wildman–Crippen LogP) is 2.36. The largest absolute Gasteiger partial charge is 0.388 e. The highest BCUT2D eigenvalue weighted by atomic mass is 127. The fourth-order valence-corrected chi connectivity index (χ4v) is 2.80. The Morgan fingerprint density at radius 2 is 2.47 bits per heavy atom. The summed E-state index contributed by atoms with van der Waals surface area (Å²) < 4.78 is 3.13. The number of halogens is 1. The molecule has 3 nitrogen and oxygen atoms in total. The standard InChI is InChI=1S/C10H11IN2OS/c1-13-3-2-12-10(13)5-8(14)7-4-9(11)15-6-7/h2-4,6,8,14H,5H2,1H3. The monoisotopic (exact) mass is 334 g/mol. The number of aryl methyl sites for hydroxylation is 1. The molecule has 0 fully saturated rings. The van der Waals surface area contributed by atoms with Crippen LogP contribution in [0.4, 0.5) is 0 Å². The van der Waals surface area contributed by atoms with Crippen LogP contribution in [-0.4, -0.2) is 14.7 Å². The zero-order valence-electron chi connectivity index (χ0n) is 8.22. The molecule has 0 aliphatic heterocycles. The van der Waals surface area contributed by atoms with Gasteiger partial charge >= 0.3 is 0 Å². The normalized spacial score (nSPS) is 13.0. The Labute approximate surface area is 106 Å². The second-order valence-corrected chi connectivity index (χ2v) is 6.16. The molecular formula is C10H11IN2OS. The van der Waals surface area contributed by atoms with Gasteiger partial charge in [0.1, 0.15) is 5.82 Å². The van der Waals surface area contributed by atoms with Crippen molar-refractivity contribution in [2.75, 3.05) is 0 Å². The molecule has 1 unspecified atom stereocenters. The number of aliphatic hydroxyl groups excluding tert-OH is 1. The topological polar surface area (TPSA) is 38.0 Å². The molecule has 0 amide bonds. The van der Waals surface area contributed by atoms with Gasteiger partial charge in [0, 0.05) is 25.9 Å². The SMILES string of the molecule is Cn1ccnc1CC(O)c1csc(I)c1. The number of nitrogens with zero attached hydrogens (tertiary/aromatic N) is 2. The summed E-state index contributed by atoms with van der Waals surface area (Å²) in [7, 11) is 1.94. The number of hydrogen-bond acceptors (Lipinski definition) is 3. The van der Waals surface area contributed by atoms with E-state index in [0.29, 0.717) is 6.42 Å². The summed E-state index contributed by atoms with van der Waals surface area (Å²) >= 11 is 3.91. The molecule has 0 aliphatic carbocycles. The third kappa shape index (κ3) is 2.59. The van der Waals surface area contributed by atoms with Gasteiger partial charge in [-0.25, -0.2) is 4.98 Å². The second kappa shape index (κ2) is 4.63. The van der Waals surface area contributed by atoms with Gasteiger partial charge in [0.05, 0.1) is 8.99 Å². The molecule has 2 heterocycles. The molecule has 15 heavy (non-hydrogen) atoms. The first-order valence-electron chi connectivity index (χ1n) is 4.55. The van der Waals surface area contributed by atoms with E-state index in [1.807, 2.05) is 29.3 Å². The summed E-state index contributed by atoms with van der Waals surface area (Å²) in [6.45, 7) is 0. The highest BCUT2D eigenvalue weighted by Gasteiger charge is 2.12. The van der Waals surface area contributed by atoms with Gasteiger partial charge in [-0.15, -0.1) is 11.3 Å². The molecule has 80 valence electrons. The third-order valence-electron chi connectivity index (χ3n) is 2.27. The van der Waals surface area contributed by atoms with Gasteiger partial charge in [-0.1, -0.05) is 0 Å². The third-order valence-corrected chi connectivity index (χ3v) is 4.08. The summed E-state index contributed by atoms with van der Waals surface area (Å²) in [6.07, 6.45) is 3.75. The molecule has 0 spiro atoms. The number of thiophene rings is 1. The molecule has 0 radical (unpaired) electrons. The average Bonchev–Trinajstić information content (AvgIpc) is 2.77. The molecule has 2 rings (SSSR count). The van der Waals surface area contributed by atoms with Crippen LogP contribution in [0.1, 0.15) is 17.5 Å². The Balaban J connectivity index is 2.10. The minimum Gasteiger partial charge on any atom is -0.388 e. The van der Waals surface area contributed by atoms with Crippen molar-refractivity contribution in [1.82, 2.24) is 9.55 Å². The Bertz CT molecular complexity index is 452. The van der Waals surface area contributed by atoms with E-state index in [1.54, 1.807) is 17.5 Å². The van der Waals surface area contributed by atoms with Gasteiger partial charge in [-0.2, -0.15) is 0 Å². The summed E-state index contributed by atoms with van der Waals surface area (Å²) in [5.41, 5.74) is 0.979. The first kappa shape index (κ1) is 11.1. The van der Waals surface area contributed by atoms with Gasteiger partial charge in [0.2, 0.25) is 0 Å². The van der Waals surface area contributed by atoms with Gasteiger partial charge in [-0.3, -0.25) is 0 Å². The van der Waals surface area contributed by atoms with Crippen LogP contribution in [0.3, 0.4) is 0 Å². The molecule has 0 saturated carbocycles. The summed E-state index contributed by atoms with van der Waals surface area (Å²) in [4.78, 5) is 4.19. The lowest BCUT2D eigenvalue weighted by Gasteiger charge is -2.08. The number of aliphatic hydroxyl groups is 1. The fraction of sp³-hybridized carbons (Fsp3) is 0.300. The predicted molar refractivity (Wildman–Crippen MR) is 68.9 cm³/mol. The Morgan fingerprint density at radius 1 is 1.67 bits per heavy atom. The van der Waals surface area contributed by atoms with Gasteiger partial charge in [0.25, 0.3) is 0 Å². The van der Waals surface area contributed by atoms with Crippen LogP contribution in [-0.2, 0) is 13.5 Å². The maximum absolute atomic E-state index is 9.98. The van der Waals surface area contributed by atoms with E-state index in [2.05, 4.69) is 27.6 Å². The zero-order valence-corrected chi connectivity index (χ0v) is 11.2. The summed E-state index contributed by atoms with van der Waals surface area (Å²) in [5.74, 6) is 0.906. The Kier molecular flexibility index (Phi) is 3.42. The minimum atomic E-state index is -0.453. The maximum atomic E-state index is 9.98. The van der Waals surface area contributed by atoms with Crippen molar-refractivity contribution in [3.05, 3.63) is 38.1 Å². The number of imidazole rings is 1. The zero-order chi connectivity index (χ0) is 10.8. The first-order chi connectivity index (χ1) is 7.16. The quantitative estimate of drug-likeness (QED) is 0.875. The van der Waals surface area contributed by atoms with Crippen molar-refractivity contribution in [1.29, 1.82) is 0 Å². The molecule has 0 bridgehead atoms. The molecule has 2 aromatic heterocycles. The lowest BCUT2D eigenvalue weighted by Crippen LogP contribution is -2.05. The summed E-state index contributed by atoms with van der Waals surface area (Å²) in [6, 6.07) is 2.01. The Morgan fingerprint density at radius 3 is 3.00 bits per heavy atom. The second-order valence-electron chi connectivity index (χ2n) is 3.36. The van der Waals surface area contributed by atoms with Crippen molar-refractivity contribution in [3.63, 3.8) is 0 Å². The van der Waals surface area contributed by atoms with Crippen molar-refractivity contribution < 1.29 is 5.11 Å². The molecule has 1 atom stereocenters. The van der Waals surface area contributed by atoms with Crippen LogP contribution >= 0.6 is 33.9 Å². The van der Waals surface area contributed by atoms with E-state index in [-0.39, 0.29) is 0 Å². The van der Waals surface area contributed by atoms with Crippen LogP contribution in [0, 0.1) is 2.88 Å². The molecular weight excluding hydrogens is 323 g/mol. The number of rotatable bonds is 3. The summed E-state index contributed by atoms with van der Waals surface area (Å²) in [5, 5.41) is 12.0. The number of aromatic nitrogens is 2. The van der Waals surface area contributed by atoms with Crippen molar-refractivity contribution in [2.45, 2.75) is 12.5 Å². The fourth-order valence-electron chi connectivity index (χ4n) is 1.38. The van der Waals surface area contributed by atoms with E-state index in [0.717, 1.165) is 11.4 Å². The van der Waals surface area contributed by atoms with Crippen molar-refractivity contribution >= 4 is 33.9 Å². The van der Waals surface area contributed by atoms with Gasteiger partial charge < -0.3 is 9.67 Å². The molecule has 2 aromatic rings. The van der Waals surface area contributed by atoms with Gasteiger partial charge in [0.15, 0.2) is 0 Å². The Hall–Kier alpha value is -0.400. The van der Waals surface area contributed by atoms with Crippen LogP contribution in [0.2, 0.25) is 0 Å². The van der Waals surface area contributed by atoms with Crippen molar-refractivity contribution in [2.24, 2.45) is 7.05 Å². The highest BCUT2D eigenvalue weighted by Crippen LogP contribution is 2.24. The van der Waals surface area contributed by atoms with Crippen LogP contribution in [0.5, 0.6) is 0 Å². The molecule has 5 heteroatoms. The molecule has 0 aliphatic rings. The van der Waals surface area contributed by atoms with Crippen LogP contribution < -0.4 is 0 Å². The van der Waals surface area contributed by atoms with E-state index in [4.69, 9.17) is 0 Å². The lowest BCUT2D eigenvalue weighted by molar-refractivity contribution is 0.175. The van der Waals surface area contributed by atoms with E-state index < -0.39 is 6.10 Å². The molecule has 0 saturated heterocycles. The van der Waals surface area contributed by atoms with E-state index in [1.165, 1.54) is 2.88 Å². The molecule has 0 aromatic carbocycles. The van der Waals surface area contributed by atoms with Gasteiger partial charge in [-0.05, 0) is 39.6 Å². The number of hydrogen-bond donors (Lipinski definition) is 1. The maximum Gasteiger partial charge on any atom is 0.111 e.